The third kappa shape index (κ3) is 3.59. The Bertz CT molecular complexity index is 524. The van der Waals surface area contributed by atoms with E-state index in [0.717, 1.165) is 0 Å². The molecule has 0 spiro atoms. The molecule has 2 aliphatic heterocycles. The number of amides is 3. The smallest absolute Gasteiger partial charge is 0.328 e. The summed E-state index contributed by atoms with van der Waals surface area (Å²) < 4.78 is 34.3. The molecule has 2 heterocycles. The van der Waals surface area contributed by atoms with Crippen LogP contribution in [0.1, 0.15) is 12.8 Å². The van der Waals surface area contributed by atoms with Crippen molar-refractivity contribution in [2.75, 3.05) is 19.7 Å². The number of nitrogens with zero attached hydrogens (tertiary/aromatic N) is 2. The second kappa shape index (κ2) is 6.11. The molecule has 2 atom stereocenters. The second-order valence-electron chi connectivity index (χ2n) is 4.61. The van der Waals surface area contributed by atoms with Gasteiger partial charge in [0.05, 0.1) is 12.6 Å². The average Bonchev–Trinajstić information content (AvgIpc) is 2.63. The van der Waals surface area contributed by atoms with Gasteiger partial charge >= 0.3 is 16.4 Å². The van der Waals surface area contributed by atoms with E-state index in [2.05, 4.69) is 9.76 Å². The standard InChI is InChI=1S/C9H16N4O7S/c10-3-4-19-11-8(14)7-2-1-6-5-12(7)9(15)13(6)20-21(16,17)18/h6-7H,1-5,10H2,(H,11,14)(H,16,17,18)/t6-,7-/m1/s1. The van der Waals surface area contributed by atoms with Crippen molar-refractivity contribution in [3.05, 3.63) is 0 Å². The Hall–Kier alpha value is -1.47. The first-order chi connectivity index (χ1) is 9.83. The second-order valence-corrected chi connectivity index (χ2v) is 5.62. The Morgan fingerprint density at radius 1 is 1.48 bits per heavy atom. The van der Waals surface area contributed by atoms with Crippen molar-refractivity contribution in [2.24, 2.45) is 5.73 Å². The zero-order valence-corrected chi connectivity index (χ0v) is 11.8. The summed E-state index contributed by atoms with van der Waals surface area (Å²) in [6.45, 7) is 0.488. The molecule has 0 aromatic rings. The highest BCUT2D eigenvalue weighted by atomic mass is 32.3. The maximum atomic E-state index is 12.0. The van der Waals surface area contributed by atoms with E-state index in [1.54, 1.807) is 0 Å². The van der Waals surface area contributed by atoms with Gasteiger partial charge in [0.25, 0.3) is 5.91 Å². The number of fused-ring (bicyclic) bond motifs is 2. The molecule has 11 nitrogen and oxygen atoms in total. The van der Waals surface area contributed by atoms with Gasteiger partial charge in [-0.15, -0.1) is 4.28 Å². The van der Waals surface area contributed by atoms with Gasteiger partial charge in [0.15, 0.2) is 0 Å². The number of hydroxylamine groups is 3. The van der Waals surface area contributed by atoms with Crippen LogP contribution in [0, 0.1) is 0 Å². The molecule has 0 aromatic carbocycles. The van der Waals surface area contributed by atoms with Crippen LogP contribution in [0.3, 0.4) is 0 Å². The van der Waals surface area contributed by atoms with Crippen molar-refractivity contribution in [3.8, 4) is 0 Å². The normalized spacial score (nSPS) is 25.3. The van der Waals surface area contributed by atoms with Gasteiger partial charge in [-0.25, -0.2) is 10.3 Å². The van der Waals surface area contributed by atoms with E-state index < -0.39 is 34.4 Å². The topological polar surface area (TPSA) is 151 Å². The first kappa shape index (κ1) is 15.9. The number of carbonyl (C=O) groups excluding carboxylic acids is 2. The Kier molecular flexibility index (Phi) is 4.63. The third-order valence-corrected chi connectivity index (χ3v) is 3.54. The van der Waals surface area contributed by atoms with Crippen molar-refractivity contribution in [1.29, 1.82) is 0 Å². The number of rotatable bonds is 6. The minimum atomic E-state index is -4.80. The first-order valence-electron chi connectivity index (χ1n) is 6.22. The summed E-state index contributed by atoms with van der Waals surface area (Å²) in [7, 11) is -4.80. The van der Waals surface area contributed by atoms with E-state index in [4.69, 9.17) is 15.1 Å². The van der Waals surface area contributed by atoms with E-state index in [1.807, 2.05) is 0 Å². The molecule has 0 unspecified atom stereocenters. The van der Waals surface area contributed by atoms with Crippen LogP contribution in [0.5, 0.6) is 0 Å². The minimum absolute atomic E-state index is 0.128. The quantitative estimate of drug-likeness (QED) is 0.288. The molecule has 2 aliphatic rings. The van der Waals surface area contributed by atoms with Gasteiger partial charge in [-0.3, -0.25) is 14.2 Å². The molecule has 3 amide bonds. The van der Waals surface area contributed by atoms with Crippen molar-refractivity contribution in [3.63, 3.8) is 0 Å². The Labute approximate surface area is 120 Å². The lowest BCUT2D eigenvalue weighted by Crippen LogP contribution is -2.49. The summed E-state index contributed by atoms with van der Waals surface area (Å²) in [6, 6.07) is -2.12. The number of nitrogens with two attached hydrogens (primary N) is 1. The van der Waals surface area contributed by atoms with Crippen molar-refractivity contribution in [1.82, 2.24) is 15.4 Å². The van der Waals surface area contributed by atoms with Crippen LogP contribution in [0.15, 0.2) is 0 Å². The summed E-state index contributed by atoms with van der Waals surface area (Å²) in [5.74, 6) is -0.524. The van der Waals surface area contributed by atoms with Crippen molar-refractivity contribution in [2.45, 2.75) is 24.9 Å². The van der Waals surface area contributed by atoms with Crippen molar-refractivity contribution >= 4 is 22.3 Å². The fraction of sp³-hybridized carbons (Fsp3) is 0.778. The predicted octanol–water partition coefficient (Wildman–Crippen LogP) is -2.00. The van der Waals surface area contributed by atoms with Gasteiger partial charge in [0, 0.05) is 13.1 Å². The zero-order valence-electron chi connectivity index (χ0n) is 11.0. The van der Waals surface area contributed by atoms with Gasteiger partial charge in [-0.1, -0.05) is 0 Å². The Balaban J connectivity index is 2.01. The highest BCUT2D eigenvalue weighted by molar-refractivity contribution is 7.80. The largest absolute Gasteiger partial charge is 0.418 e. The van der Waals surface area contributed by atoms with Crippen LogP contribution in [-0.2, 0) is 24.3 Å². The van der Waals surface area contributed by atoms with E-state index in [9.17, 15) is 18.0 Å². The van der Waals surface area contributed by atoms with E-state index in [0.29, 0.717) is 17.9 Å². The molecule has 0 aromatic heterocycles. The fourth-order valence-electron chi connectivity index (χ4n) is 2.35. The summed E-state index contributed by atoms with van der Waals surface area (Å²) in [4.78, 5) is 29.9. The van der Waals surface area contributed by atoms with Gasteiger partial charge in [-0.05, 0) is 12.8 Å². The Morgan fingerprint density at radius 3 is 2.81 bits per heavy atom. The molecule has 21 heavy (non-hydrogen) atoms. The van der Waals surface area contributed by atoms with Crippen LogP contribution in [0.2, 0.25) is 0 Å². The molecule has 12 heteroatoms. The Morgan fingerprint density at radius 2 is 2.19 bits per heavy atom. The number of nitrogens with one attached hydrogen (secondary N) is 1. The molecule has 2 fully saturated rings. The lowest BCUT2D eigenvalue weighted by Gasteiger charge is -2.28. The summed E-state index contributed by atoms with van der Waals surface area (Å²) in [5, 5.41) is 0.573. The molecular weight excluding hydrogens is 308 g/mol. The average molecular weight is 324 g/mol. The van der Waals surface area contributed by atoms with E-state index >= 15 is 0 Å². The molecule has 2 rings (SSSR count). The van der Waals surface area contributed by atoms with Gasteiger partial charge in [0.1, 0.15) is 6.04 Å². The lowest BCUT2D eigenvalue weighted by molar-refractivity contribution is -0.138. The van der Waals surface area contributed by atoms with Crippen LogP contribution in [0.4, 0.5) is 4.79 Å². The van der Waals surface area contributed by atoms with Crippen LogP contribution >= 0.6 is 0 Å². The summed E-state index contributed by atoms with van der Waals surface area (Å²) >= 11 is 0. The van der Waals surface area contributed by atoms with Crippen LogP contribution in [-0.4, -0.2) is 66.7 Å². The molecule has 4 N–H and O–H groups in total. The number of hydrogen-bond acceptors (Lipinski definition) is 7. The number of carbonyl (C=O) groups is 2. The highest BCUT2D eigenvalue weighted by Gasteiger charge is 2.49. The molecule has 120 valence electrons. The maximum Gasteiger partial charge on any atom is 0.418 e. The molecule has 2 bridgehead atoms. The molecule has 0 aliphatic carbocycles. The van der Waals surface area contributed by atoms with Crippen LogP contribution < -0.4 is 11.2 Å². The SMILES string of the molecule is NCCONC(=O)[C@H]1CC[C@@H]2CN1C(=O)N2OS(=O)(=O)O. The molecule has 2 saturated heterocycles. The van der Waals surface area contributed by atoms with Crippen molar-refractivity contribution < 1.29 is 31.7 Å². The van der Waals surface area contributed by atoms with Gasteiger partial charge in [-0.2, -0.15) is 13.5 Å². The number of urea groups is 1. The summed E-state index contributed by atoms with van der Waals surface area (Å²) in [5.41, 5.74) is 7.39. The lowest BCUT2D eigenvalue weighted by atomic mass is 10.0. The van der Waals surface area contributed by atoms with E-state index in [1.165, 1.54) is 4.90 Å². The van der Waals surface area contributed by atoms with E-state index in [-0.39, 0.29) is 19.7 Å². The van der Waals surface area contributed by atoms with Gasteiger partial charge < -0.3 is 10.6 Å². The number of hydrogen-bond donors (Lipinski definition) is 3. The van der Waals surface area contributed by atoms with Gasteiger partial charge in [0.2, 0.25) is 0 Å². The molecular formula is C9H16N4O7S. The fourth-order valence-corrected chi connectivity index (χ4v) is 2.74. The highest BCUT2D eigenvalue weighted by Crippen LogP contribution is 2.30. The minimum Gasteiger partial charge on any atom is -0.328 e. The molecule has 0 saturated carbocycles. The summed E-state index contributed by atoms with van der Waals surface area (Å²) in [6.07, 6.45) is 0.673. The molecule has 0 radical (unpaired) electrons. The maximum absolute atomic E-state index is 12.0. The monoisotopic (exact) mass is 324 g/mol. The first-order valence-corrected chi connectivity index (χ1v) is 7.58. The third-order valence-electron chi connectivity index (χ3n) is 3.19. The zero-order chi connectivity index (χ0) is 15.6. The predicted molar refractivity (Wildman–Crippen MR) is 66.5 cm³/mol. The number of piperidine rings is 1. The van der Waals surface area contributed by atoms with Crippen LogP contribution in [0.25, 0.3) is 0 Å².